The van der Waals surface area contributed by atoms with E-state index in [0.717, 1.165) is 44.1 Å². The van der Waals surface area contributed by atoms with Crippen LogP contribution in [0.25, 0.3) is 0 Å². The number of nitrogens with one attached hydrogen (secondary N) is 1. The highest BCUT2D eigenvalue weighted by Gasteiger charge is 2.37. The zero-order chi connectivity index (χ0) is 21.1. The van der Waals surface area contributed by atoms with Gasteiger partial charge in [0.25, 0.3) is 5.91 Å². The standard InChI is InChI=1S/C24H28FN3O2/c25-19-8-6-17(7-9-19)23(29)27-21-3-1-2-16(14-21)15-28(24(30)18-4-5-18)22-12-10-20(26)11-13-22/h1-3,6-9,14,18,20,22H,4-5,10-13,15,26H2,(H,27,29). The molecule has 0 aliphatic heterocycles. The summed E-state index contributed by atoms with van der Waals surface area (Å²) in [4.78, 5) is 27.4. The van der Waals surface area contributed by atoms with E-state index in [0.29, 0.717) is 17.8 Å². The summed E-state index contributed by atoms with van der Waals surface area (Å²) in [5.74, 6) is -0.254. The number of halogens is 1. The van der Waals surface area contributed by atoms with Crippen molar-refractivity contribution in [2.75, 3.05) is 5.32 Å². The lowest BCUT2D eigenvalue weighted by Gasteiger charge is -2.36. The summed E-state index contributed by atoms with van der Waals surface area (Å²) in [6.45, 7) is 0.537. The van der Waals surface area contributed by atoms with E-state index >= 15 is 0 Å². The first-order chi connectivity index (χ1) is 14.5. The molecule has 0 heterocycles. The fourth-order valence-corrected chi connectivity index (χ4v) is 4.11. The molecule has 0 atom stereocenters. The molecule has 2 aromatic carbocycles. The third-order valence-corrected chi connectivity index (χ3v) is 6.04. The Morgan fingerprint density at radius 3 is 2.37 bits per heavy atom. The van der Waals surface area contributed by atoms with Crippen LogP contribution in [0.3, 0.4) is 0 Å². The summed E-state index contributed by atoms with van der Waals surface area (Å²) in [5.41, 5.74) is 8.09. The molecule has 0 spiro atoms. The fourth-order valence-electron chi connectivity index (χ4n) is 4.11. The van der Waals surface area contributed by atoms with Crippen molar-refractivity contribution in [2.24, 2.45) is 11.7 Å². The summed E-state index contributed by atoms with van der Waals surface area (Å²) in [6, 6.07) is 13.5. The summed E-state index contributed by atoms with van der Waals surface area (Å²) in [5, 5.41) is 2.86. The molecular weight excluding hydrogens is 381 g/mol. The van der Waals surface area contributed by atoms with Gasteiger partial charge in [0.05, 0.1) is 0 Å². The topological polar surface area (TPSA) is 75.4 Å². The molecule has 4 rings (SSSR count). The van der Waals surface area contributed by atoms with Gasteiger partial charge in [0.2, 0.25) is 5.91 Å². The lowest BCUT2D eigenvalue weighted by atomic mass is 9.90. The molecule has 2 amide bonds. The molecule has 3 N–H and O–H groups in total. The van der Waals surface area contributed by atoms with Crippen LogP contribution in [0.1, 0.15) is 54.4 Å². The Kier molecular flexibility index (Phi) is 6.13. The van der Waals surface area contributed by atoms with E-state index in [9.17, 15) is 14.0 Å². The molecule has 2 fully saturated rings. The average molecular weight is 410 g/mol. The molecule has 0 saturated heterocycles. The zero-order valence-corrected chi connectivity index (χ0v) is 17.0. The van der Waals surface area contributed by atoms with Crippen molar-refractivity contribution in [2.45, 2.75) is 57.2 Å². The maximum atomic E-state index is 13.1. The molecule has 158 valence electrons. The SMILES string of the molecule is NC1CCC(N(Cc2cccc(NC(=O)c3ccc(F)cc3)c2)C(=O)C2CC2)CC1. The van der Waals surface area contributed by atoms with Gasteiger partial charge in [-0.2, -0.15) is 0 Å². The predicted octanol–water partition coefficient (Wildman–Crippen LogP) is 4.09. The Hall–Kier alpha value is -2.73. The molecule has 2 aliphatic carbocycles. The maximum Gasteiger partial charge on any atom is 0.255 e. The maximum absolute atomic E-state index is 13.1. The van der Waals surface area contributed by atoms with Gasteiger partial charge in [0, 0.05) is 35.8 Å². The third kappa shape index (κ3) is 5.05. The fraction of sp³-hybridized carbons (Fsp3) is 0.417. The highest BCUT2D eigenvalue weighted by Crippen LogP contribution is 2.34. The Morgan fingerprint density at radius 1 is 1.00 bits per heavy atom. The van der Waals surface area contributed by atoms with E-state index < -0.39 is 0 Å². The quantitative estimate of drug-likeness (QED) is 0.755. The Balaban J connectivity index is 1.46. The van der Waals surface area contributed by atoms with E-state index in [4.69, 9.17) is 5.73 Å². The van der Waals surface area contributed by atoms with Crippen LogP contribution in [0, 0.1) is 11.7 Å². The molecule has 0 bridgehead atoms. The summed E-state index contributed by atoms with van der Waals surface area (Å²) in [7, 11) is 0. The first-order valence-corrected chi connectivity index (χ1v) is 10.7. The molecule has 0 aromatic heterocycles. The molecule has 2 aromatic rings. The normalized spacial score (nSPS) is 21.1. The van der Waals surface area contributed by atoms with Crippen molar-refractivity contribution in [3.8, 4) is 0 Å². The van der Waals surface area contributed by atoms with E-state index in [-0.39, 0.29) is 35.6 Å². The number of carbonyl (C=O) groups excluding carboxylic acids is 2. The molecule has 0 radical (unpaired) electrons. The van der Waals surface area contributed by atoms with Crippen LogP contribution in [0.4, 0.5) is 10.1 Å². The first kappa shape index (κ1) is 20.5. The van der Waals surface area contributed by atoms with Gasteiger partial charge in [0.15, 0.2) is 0 Å². The van der Waals surface area contributed by atoms with E-state index in [1.54, 1.807) is 0 Å². The number of rotatable bonds is 6. The molecule has 2 aliphatic rings. The molecule has 2 saturated carbocycles. The van der Waals surface area contributed by atoms with Crippen molar-refractivity contribution < 1.29 is 14.0 Å². The van der Waals surface area contributed by atoms with Gasteiger partial charge in [-0.3, -0.25) is 9.59 Å². The van der Waals surface area contributed by atoms with Crippen LogP contribution in [0.5, 0.6) is 0 Å². The summed E-state index contributed by atoms with van der Waals surface area (Å²) in [6.07, 6.45) is 5.76. The monoisotopic (exact) mass is 409 g/mol. The van der Waals surface area contributed by atoms with Gasteiger partial charge in [-0.05, 0) is 80.5 Å². The smallest absolute Gasteiger partial charge is 0.255 e. The number of carbonyl (C=O) groups is 2. The van der Waals surface area contributed by atoms with Crippen molar-refractivity contribution in [1.29, 1.82) is 0 Å². The van der Waals surface area contributed by atoms with Crippen LogP contribution in [0.2, 0.25) is 0 Å². The van der Waals surface area contributed by atoms with Crippen LogP contribution in [0.15, 0.2) is 48.5 Å². The molecule has 6 heteroatoms. The first-order valence-electron chi connectivity index (χ1n) is 10.7. The highest BCUT2D eigenvalue weighted by atomic mass is 19.1. The molecule has 5 nitrogen and oxygen atoms in total. The Bertz CT molecular complexity index is 903. The third-order valence-electron chi connectivity index (χ3n) is 6.04. The van der Waals surface area contributed by atoms with E-state index in [1.165, 1.54) is 24.3 Å². The van der Waals surface area contributed by atoms with Gasteiger partial charge in [-0.1, -0.05) is 12.1 Å². The number of nitrogens with zero attached hydrogens (tertiary/aromatic N) is 1. The lowest BCUT2D eigenvalue weighted by Crippen LogP contribution is -2.44. The molecular formula is C24H28FN3O2. The second kappa shape index (κ2) is 8.96. The minimum absolute atomic E-state index is 0.168. The zero-order valence-electron chi connectivity index (χ0n) is 17.0. The van der Waals surface area contributed by atoms with Crippen molar-refractivity contribution in [3.05, 3.63) is 65.5 Å². The number of hydrogen-bond donors (Lipinski definition) is 2. The summed E-state index contributed by atoms with van der Waals surface area (Å²) < 4.78 is 13.1. The minimum atomic E-state index is -0.377. The summed E-state index contributed by atoms with van der Waals surface area (Å²) >= 11 is 0. The van der Waals surface area contributed by atoms with Crippen molar-refractivity contribution >= 4 is 17.5 Å². The average Bonchev–Trinajstić information content (AvgIpc) is 3.58. The number of anilines is 1. The van der Waals surface area contributed by atoms with Crippen LogP contribution in [-0.4, -0.2) is 28.8 Å². The van der Waals surface area contributed by atoms with Gasteiger partial charge in [0.1, 0.15) is 5.82 Å². The van der Waals surface area contributed by atoms with Gasteiger partial charge < -0.3 is 16.0 Å². The van der Waals surface area contributed by atoms with Crippen molar-refractivity contribution in [3.63, 3.8) is 0 Å². The van der Waals surface area contributed by atoms with Crippen LogP contribution >= 0.6 is 0 Å². The second-order valence-electron chi connectivity index (χ2n) is 8.47. The number of hydrogen-bond acceptors (Lipinski definition) is 3. The lowest BCUT2D eigenvalue weighted by molar-refractivity contribution is -0.136. The minimum Gasteiger partial charge on any atom is -0.335 e. The molecule has 30 heavy (non-hydrogen) atoms. The number of benzene rings is 2. The van der Waals surface area contributed by atoms with Gasteiger partial charge in [-0.15, -0.1) is 0 Å². The highest BCUT2D eigenvalue weighted by molar-refractivity contribution is 6.04. The van der Waals surface area contributed by atoms with Crippen molar-refractivity contribution in [1.82, 2.24) is 4.90 Å². The van der Waals surface area contributed by atoms with Gasteiger partial charge in [-0.25, -0.2) is 4.39 Å². The number of amides is 2. The van der Waals surface area contributed by atoms with E-state index in [1.807, 2.05) is 29.2 Å². The van der Waals surface area contributed by atoms with Gasteiger partial charge >= 0.3 is 0 Å². The largest absolute Gasteiger partial charge is 0.335 e. The Labute approximate surface area is 176 Å². The van der Waals surface area contributed by atoms with Crippen LogP contribution in [-0.2, 0) is 11.3 Å². The van der Waals surface area contributed by atoms with Crippen LogP contribution < -0.4 is 11.1 Å². The Morgan fingerprint density at radius 2 is 1.70 bits per heavy atom. The van der Waals surface area contributed by atoms with E-state index in [2.05, 4.69) is 5.32 Å². The second-order valence-corrected chi connectivity index (χ2v) is 8.47. The number of nitrogens with two attached hydrogens (primary N) is 1. The molecule has 0 unspecified atom stereocenters. The predicted molar refractivity (Wildman–Crippen MR) is 114 cm³/mol.